The van der Waals surface area contributed by atoms with E-state index in [4.69, 9.17) is 4.74 Å². The molecule has 5 atom stereocenters. The maximum Gasteiger partial charge on any atom is 0.307 e. The molecular weight excluding hydrogens is 313 g/mol. The maximum absolute atomic E-state index is 14.1. The minimum absolute atomic E-state index is 0.0641. The number of fused-ring (bicyclic) bond motifs is 2. The SMILES string of the molecule is COc1cccc(F)c1C(C)NC(=O)C1C2C=CC(C2)C1C(=O)O. The van der Waals surface area contributed by atoms with Crippen molar-refractivity contribution in [3.05, 3.63) is 41.7 Å². The van der Waals surface area contributed by atoms with Crippen molar-refractivity contribution in [3.8, 4) is 5.75 Å². The third kappa shape index (κ3) is 2.66. The molecule has 1 saturated carbocycles. The van der Waals surface area contributed by atoms with Crippen molar-refractivity contribution < 1.29 is 23.8 Å². The van der Waals surface area contributed by atoms with Crippen LogP contribution in [0.5, 0.6) is 5.75 Å². The third-order valence-electron chi connectivity index (χ3n) is 5.07. The van der Waals surface area contributed by atoms with Gasteiger partial charge in [0.1, 0.15) is 11.6 Å². The number of benzene rings is 1. The van der Waals surface area contributed by atoms with Crippen LogP contribution in [-0.2, 0) is 9.59 Å². The van der Waals surface area contributed by atoms with Crippen LogP contribution >= 0.6 is 0 Å². The van der Waals surface area contributed by atoms with Crippen molar-refractivity contribution in [2.45, 2.75) is 19.4 Å². The van der Waals surface area contributed by atoms with Gasteiger partial charge in [-0.1, -0.05) is 18.2 Å². The molecule has 1 fully saturated rings. The Balaban J connectivity index is 1.80. The molecule has 3 rings (SSSR count). The summed E-state index contributed by atoms with van der Waals surface area (Å²) in [4.78, 5) is 24.2. The molecule has 128 valence electrons. The average molecular weight is 333 g/mol. The van der Waals surface area contributed by atoms with Gasteiger partial charge in [-0.15, -0.1) is 0 Å². The smallest absolute Gasteiger partial charge is 0.307 e. The van der Waals surface area contributed by atoms with Gasteiger partial charge in [-0.25, -0.2) is 4.39 Å². The second-order valence-corrected chi connectivity index (χ2v) is 6.42. The van der Waals surface area contributed by atoms with Crippen molar-refractivity contribution >= 4 is 11.9 Å². The summed E-state index contributed by atoms with van der Waals surface area (Å²) in [7, 11) is 1.44. The van der Waals surface area contributed by atoms with Crippen LogP contribution in [0.3, 0.4) is 0 Å². The molecule has 2 bridgehead atoms. The zero-order chi connectivity index (χ0) is 17.4. The van der Waals surface area contributed by atoms with Crippen molar-refractivity contribution in [2.24, 2.45) is 23.7 Å². The quantitative estimate of drug-likeness (QED) is 0.812. The van der Waals surface area contributed by atoms with E-state index in [0.717, 1.165) is 0 Å². The zero-order valence-corrected chi connectivity index (χ0v) is 13.5. The Bertz CT molecular complexity index is 702. The fourth-order valence-corrected chi connectivity index (χ4v) is 4.01. The molecule has 2 aliphatic rings. The number of methoxy groups -OCH3 is 1. The van der Waals surface area contributed by atoms with Gasteiger partial charge in [0.25, 0.3) is 0 Å². The van der Waals surface area contributed by atoms with E-state index in [9.17, 15) is 19.1 Å². The van der Waals surface area contributed by atoms with Crippen LogP contribution in [0.4, 0.5) is 4.39 Å². The van der Waals surface area contributed by atoms with E-state index >= 15 is 0 Å². The molecule has 0 heterocycles. The fourth-order valence-electron chi connectivity index (χ4n) is 4.01. The number of ether oxygens (including phenoxy) is 1. The number of hydrogen-bond acceptors (Lipinski definition) is 3. The van der Waals surface area contributed by atoms with E-state index in [1.54, 1.807) is 13.0 Å². The lowest BCUT2D eigenvalue weighted by molar-refractivity contribution is -0.148. The number of amides is 1. The first-order valence-corrected chi connectivity index (χ1v) is 7.98. The zero-order valence-electron chi connectivity index (χ0n) is 13.5. The van der Waals surface area contributed by atoms with Crippen molar-refractivity contribution in [1.82, 2.24) is 5.32 Å². The van der Waals surface area contributed by atoms with Crippen LogP contribution in [0, 0.1) is 29.5 Å². The highest BCUT2D eigenvalue weighted by Gasteiger charge is 2.51. The summed E-state index contributed by atoms with van der Waals surface area (Å²) >= 11 is 0. The number of allylic oxidation sites excluding steroid dienone is 2. The molecule has 5 nitrogen and oxygen atoms in total. The fraction of sp³-hybridized carbons (Fsp3) is 0.444. The predicted molar refractivity (Wildman–Crippen MR) is 84.9 cm³/mol. The van der Waals surface area contributed by atoms with Gasteiger partial charge in [0.05, 0.1) is 30.6 Å². The van der Waals surface area contributed by atoms with Gasteiger partial charge >= 0.3 is 5.97 Å². The van der Waals surface area contributed by atoms with Gasteiger partial charge in [-0.05, 0) is 37.3 Å². The molecule has 1 aromatic rings. The molecule has 0 spiro atoms. The molecule has 0 aromatic heterocycles. The van der Waals surface area contributed by atoms with Crippen molar-refractivity contribution in [1.29, 1.82) is 0 Å². The molecule has 24 heavy (non-hydrogen) atoms. The monoisotopic (exact) mass is 333 g/mol. The molecule has 1 amide bonds. The number of carbonyl (C=O) groups excluding carboxylic acids is 1. The standard InChI is InChI=1S/C18H20FNO4/c1-9(14-12(19)4-3-5-13(14)24-2)20-17(21)15-10-6-7-11(8-10)16(15)18(22)23/h3-7,9-11,15-16H,8H2,1-2H3,(H,20,21)(H,22,23). The molecule has 0 aliphatic heterocycles. The number of carboxylic acids is 1. The lowest BCUT2D eigenvalue weighted by atomic mass is 9.82. The largest absolute Gasteiger partial charge is 0.496 e. The van der Waals surface area contributed by atoms with Crippen molar-refractivity contribution in [3.63, 3.8) is 0 Å². The summed E-state index contributed by atoms with van der Waals surface area (Å²) in [5.74, 6) is -2.91. The normalized spacial score (nSPS) is 28.6. The molecule has 5 unspecified atom stereocenters. The Hall–Kier alpha value is -2.37. The molecule has 6 heteroatoms. The van der Waals surface area contributed by atoms with Crippen LogP contribution in [0.25, 0.3) is 0 Å². The number of aliphatic carboxylic acids is 1. The first-order valence-electron chi connectivity index (χ1n) is 7.98. The molecule has 2 N–H and O–H groups in total. The molecule has 2 aliphatic carbocycles. The van der Waals surface area contributed by atoms with Gasteiger partial charge in [-0.2, -0.15) is 0 Å². The van der Waals surface area contributed by atoms with E-state index in [0.29, 0.717) is 12.2 Å². The Morgan fingerprint density at radius 2 is 1.96 bits per heavy atom. The average Bonchev–Trinajstić information content (AvgIpc) is 3.15. The second kappa shape index (κ2) is 6.26. The van der Waals surface area contributed by atoms with E-state index in [1.165, 1.54) is 19.2 Å². The highest BCUT2D eigenvalue weighted by atomic mass is 19.1. The number of carboxylic acid groups (broad SMARTS) is 1. The van der Waals surface area contributed by atoms with Gasteiger partial charge in [0.15, 0.2) is 0 Å². The number of carbonyl (C=O) groups is 2. The minimum atomic E-state index is -0.955. The highest BCUT2D eigenvalue weighted by molar-refractivity contribution is 5.87. The first-order chi connectivity index (χ1) is 11.4. The Morgan fingerprint density at radius 3 is 2.58 bits per heavy atom. The topological polar surface area (TPSA) is 75.6 Å². The maximum atomic E-state index is 14.1. The number of hydrogen-bond donors (Lipinski definition) is 2. The summed E-state index contributed by atoms with van der Waals surface area (Å²) in [5, 5.41) is 12.2. The Labute approximate surface area is 139 Å². The van der Waals surface area contributed by atoms with Gasteiger partial charge in [-0.3, -0.25) is 9.59 Å². The van der Waals surface area contributed by atoms with Crippen molar-refractivity contribution in [2.75, 3.05) is 7.11 Å². The summed E-state index contributed by atoms with van der Waals surface area (Å²) in [6.45, 7) is 1.66. The molecule has 0 radical (unpaired) electrons. The molecule has 0 saturated heterocycles. The van der Waals surface area contributed by atoms with Crippen LogP contribution in [0.15, 0.2) is 30.4 Å². The summed E-state index contributed by atoms with van der Waals surface area (Å²) in [5.41, 5.74) is 0.263. The van der Waals surface area contributed by atoms with Crippen LogP contribution in [-0.4, -0.2) is 24.1 Å². The van der Waals surface area contributed by atoms with E-state index in [-0.39, 0.29) is 23.3 Å². The highest BCUT2D eigenvalue weighted by Crippen LogP contribution is 2.48. The number of nitrogens with one attached hydrogen (secondary N) is 1. The minimum Gasteiger partial charge on any atom is -0.496 e. The van der Waals surface area contributed by atoms with E-state index in [2.05, 4.69) is 5.32 Å². The van der Waals surface area contributed by atoms with Crippen LogP contribution in [0.1, 0.15) is 24.9 Å². The summed E-state index contributed by atoms with van der Waals surface area (Å²) in [6, 6.07) is 3.85. The summed E-state index contributed by atoms with van der Waals surface area (Å²) in [6.07, 6.45) is 4.49. The predicted octanol–water partition coefficient (Wildman–Crippen LogP) is 2.53. The Morgan fingerprint density at radius 1 is 1.29 bits per heavy atom. The van der Waals surface area contributed by atoms with Gasteiger partial charge in [0.2, 0.25) is 5.91 Å². The van der Waals surface area contributed by atoms with Gasteiger partial charge in [0, 0.05) is 0 Å². The van der Waals surface area contributed by atoms with E-state index < -0.39 is 29.7 Å². The lowest BCUT2D eigenvalue weighted by Gasteiger charge is -2.26. The third-order valence-corrected chi connectivity index (χ3v) is 5.07. The van der Waals surface area contributed by atoms with Crippen LogP contribution < -0.4 is 10.1 Å². The Kier molecular flexibility index (Phi) is 4.30. The molecular formula is C18H20FNO4. The summed E-state index contributed by atoms with van der Waals surface area (Å²) < 4.78 is 19.3. The van der Waals surface area contributed by atoms with Gasteiger partial charge < -0.3 is 15.2 Å². The van der Waals surface area contributed by atoms with Crippen LogP contribution in [0.2, 0.25) is 0 Å². The lowest BCUT2D eigenvalue weighted by Crippen LogP contribution is -2.41. The molecule has 1 aromatic carbocycles. The van der Waals surface area contributed by atoms with E-state index in [1.807, 2.05) is 12.2 Å². The second-order valence-electron chi connectivity index (χ2n) is 6.42. The number of rotatable bonds is 5. The number of halogens is 1. The first kappa shape index (κ1) is 16.5.